The zero-order valence-electron chi connectivity index (χ0n) is 28.7. The van der Waals surface area contributed by atoms with E-state index >= 15 is 0 Å². The largest absolute Gasteiger partial charge is 0.456 e. The number of hydrogen-bond acceptors (Lipinski definition) is 6. The van der Waals surface area contributed by atoms with E-state index in [0.717, 1.165) is 73.0 Å². The monoisotopic (exact) mass is 683 g/mol. The fraction of sp³-hybridized carbons (Fsp3) is 0.0851. The summed E-state index contributed by atoms with van der Waals surface area (Å²) in [7, 11) is 0. The number of furan rings is 1. The molecule has 4 atom stereocenters. The Hall–Kier alpha value is -6.79. The van der Waals surface area contributed by atoms with Crippen LogP contribution in [0.2, 0.25) is 0 Å². The van der Waals surface area contributed by atoms with E-state index in [1.165, 1.54) is 11.3 Å². The first-order chi connectivity index (χ1) is 26.3. The highest BCUT2D eigenvalue weighted by molar-refractivity contribution is 6.10. The molecule has 0 radical (unpaired) electrons. The van der Waals surface area contributed by atoms with Gasteiger partial charge in [-0.1, -0.05) is 97.6 Å². The number of fused-ring (bicyclic) bond motifs is 17. The molecule has 0 saturated carbocycles. The molecule has 0 fully saturated rings. The number of nitrogens with zero attached hydrogens (tertiary/aromatic N) is 5. The van der Waals surface area contributed by atoms with Crippen molar-refractivity contribution in [2.45, 2.75) is 18.2 Å². The van der Waals surface area contributed by atoms with Crippen LogP contribution in [0.4, 0.5) is 45.6 Å². The van der Waals surface area contributed by atoms with E-state index < -0.39 is 0 Å². The molecule has 12 rings (SSSR count). The summed E-state index contributed by atoms with van der Waals surface area (Å²) in [6, 6.07) is 56.8. The molecule has 0 aliphatic carbocycles. The molecule has 4 aliphatic rings. The van der Waals surface area contributed by atoms with Crippen LogP contribution in [0.25, 0.3) is 27.5 Å². The van der Waals surface area contributed by atoms with Gasteiger partial charge >= 0.3 is 0 Å². The third-order valence-electron chi connectivity index (χ3n) is 11.9. The Bertz CT molecular complexity index is 2780. The number of hydrogen-bond donors (Lipinski definition) is 0. The van der Waals surface area contributed by atoms with E-state index in [2.05, 4.69) is 171 Å². The smallest absolute Gasteiger partial charge is 0.158 e. The average Bonchev–Trinajstić information content (AvgIpc) is 3.85. The first kappa shape index (κ1) is 28.9. The van der Waals surface area contributed by atoms with E-state index in [4.69, 9.17) is 16.0 Å². The number of aromatic nitrogens is 1. The lowest BCUT2D eigenvalue weighted by Crippen LogP contribution is -2.59. The molecule has 2 aromatic heterocycles. The van der Waals surface area contributed by atoms with Gasteiger partial charge in [0.15, 0.2) is 5.82 Å². The highest BCUT2D eigenvalue weighted by atomic mass is 16.3. The predicted octanol–water partition coefficient (Wildman–Crippen LogP) is 11.7. The first-order valence-electron chi connectivity index (χ1n) is 18.3. The molecule has 8 aromatic rings. The minimum absolute atomic E-state index is 0.0199. The summed E-state index contributed by atoms with van der Waals surface area (Å²) in [5.74, 6) is 0.904. The van der Waals surface area contributed by atoms with Gasteiger partial charge < -0.3 is 24.0 Å². The van der Waals surface area contributed by atoms with Gasteiger partial charge in [-0.25, -0.2) is 4.98 Å². The van der Waals surface area contributed by atoms with Crippen LogP contribution in [0.15, 0.2) is 175 Å². The minimum atomic E-state index is -0.155. The molecular formula is C47H33N5O. The van der Waals surface area contributed by atoms with E-state index in [0.29, 0.717) is 0 Å². The van der Waals surface area contributed by atoms with Crippen molar-refractivity contribution in [1.82, 2.24) is 4.98 Å². The lowest BCUT2D eigenvalue weighted by molar-refractivity contribution is 0.329. The molecule has 6 heterocycles. The molecule has 4 aliphatic heterocycles. The lowest BCUT2D eigenvalue weighted by atomic mass is 9.72. The van der Waals surface area contributed by atoms with Crippen LogP contribution in [0, 0.1) is 5.92 Å². The number of allylic oxidation sites excluding steroid dienone is 1. The van der Waals surface area contributed by atoms with Crippen molar-refractivity contribution in [2.75, 3.05) is 19.6 Å². The van der Waals surface area contributed by atoms with Crippen LogP contribution >= 0.6 is 0 Å². The maximum atomic E-state index is 6.57. The molecule has 6 heteroatoms. The van der Waals surface area contributed by atoms with Gasteiger partial charge in [0.2, 0.25) is 0 Å². The maximum Gasteiger partial charge on any atom is 0.158 e. The van der Waals surface area contributed by atoms with E-state index in [1.54, 1.807) is 0 Å². The Kier molecular flexibility index (Phi) is 5.78. The number of anilines is 8. The van der Waals surface area contributed by atoms with Crippen molar-refractivity contribution in [2.24, 2.45) is 5.92 Å². The SMILES string of the molecule is C=C1c2ccccc2N2c3ncccc3N(c3ccccc3)C2C2C1c1ccccc1N1c3cc4oc5ccccc5c4cc3N(c3ccccc3)C21. The average molecular weight is 684 g/mol. The van der Waals surface area contributed by atoms with Gasteiger partial charge in [0.25, 0.3) is 0 Å². The maximum absolute atomic E-state index is 6.57. The van der Waals surface area contributed by atoms with Gasteiger partial charge in [0, 0.05) is 57.5 Å². The number of benzene rings is 6. The van der Waals surface area contributed by atoms with Crippen LogP contribution in [0.5, 0.6) is 0 Å². The Morgan fingerprint density at radius 1 is 0.491 bits per heavy atom. The van der Waals surface area contributed by atoms with Crippen molar-refractivity contribution >= 4 is 73.1 Å². The quantitative estimate of drug-likeness (QED) is 0.181. The van der Waals surface area contributed by atoms with Crippen LogP contribution in [-0.2, 0) is 0 Å². The fourth-order valence-corrected chi connectivity index (χ4v) is 9.88. The van der Waals surface area contributed by atoms with Crippen molar-refractivity contribution < 1.29 is 4.42 Å². The Morgan fingerprint density at radius 3 is 1.92 bits per heavy atom. The molecule has 53 heavy (non-hydrogen) atoms. The topological polar surface area (TPSA) is 39.0 Å². The summed E-state index contributed by atoms with van der Waals surface area (Å²) < 4.78 is 6.57. The second-order valence-corrected chi connectivity index (χ2v) is 14.4. The molecular weight excluding hydrogens is 651 g/mol. The molecule has 6 nitrogen and oxygen atoms in total. The third kappa shape index (κ3) is 3.79. The highest BCUT2D eigenvalue weighted by Gasteiger charge is 2.59. The van der Waals surface area contributed by atoms with Crippen molar-refractivity contribution in [3.63, 3.8) is 0 Å². The second-order valence-electron chi connectivity index (χ2n) is 14.4. The zero-order chi connectivity index (χ0) is 34.8. The summed E-state index contributed by atoms with van der Waals surface area (Å²) in [6.45, 7) is 4.99. The second kappa shape index (κ2) is 10.6. The van der Waals surface area contributed by atoms with Gasteiger partial charge in [0.1, 0.15) is 23.5 Å². The van der Waals surface area contributed by atoms with Gasteiger partial charge in [0.05, 0.1) is 22.7 Å². The summed E-state index contributed by atoms with van der Waals surface area (Å²) in [4.78, 5) is 15.4. The number of rotatable bonds is 2. The van der Waals surface area contributed by atoms with Crippen molar-refractivity contribution in [3.8, 4) is 0 Å². The van der Waals surface area contributed by atoms with Crippen molar-refractivity contribution in [1.29, 1.82) is 0 Å². The molecule has 0 saturated heterocycles. The van der Waals surface area contributed by atoms with Crippen LogP contribution < -0.4 is 19.6 Å². The van der Waals surface area contributed by atoms with E-state index in [9.17, 15) is 0 Å². The van der Waals surface area contributed by atoms with E-state index in [1.807, 2.05) is 12.3 Å². The molecule has 0 N–H and O–H groups in total. The first-order valence-corrected chi connectivity index (χ1v) is 18.3. The standard InChI is InChI=1S/C47H33N5O/c1-29-32-19-8-11-22-36(32)52-45-38(24-14-26-48-45)49(30-15-4-2-5-16-30)47(52)44-43(29)34-21-9-12-23-37(34)51-40-28-42-35(33-20-10-13-25-41(33)53-42)27-39(40)50(46(44)51)31-17-6-3-7-18-31/h2-28,43-44,46-47H,1H2. The number of para-hydroxylation sites is 5. The minimum Gasteiger partial charge on any atom is -0.456 e. The summed E-state index contributed by atoms with van der Waals surface area (Å²) >= 11 is 0. The normalized spacial score (nSPS) is 20.7. The molecule has 4 unspecified atom stereocenters. The highest BCUT2D eigenvalue weighted by Crippen LogP contribution is 2.65. The molecule has 0 amide bonds. The zero-order valence-corrected chi connectivity index (χ0v) is 28.7. The van der Waals surface area contributed by atoms with Crippen LogP contribution in [0.3, 0.4) is 0 Å². The van der Waals surface area contributed by atoms with Gasteiger partial charge in [-0.05, 0) is 71.8 Å². The molecule has 0 spiro atoms. The summed E-state index contributed by atoms with van der Waals surface area (Å²) in [5.41, 5.74) is 13.3. The molecule has 0 bridgehead atoms. The molecule has 6 aromatic carbocycles. The van der Waals surface area contributed by atoms with Crippen LogP contribution in [-0.4, -0.2) is 17.3 Å². The predicted molar refractivity (Wildman–Crippen MR) is 215 cm³/mol. The fourth-order valence-electron chi connectivity index (χ4n) is 9.88. The lowest BCUT2D eigenvalue weighted by Gasteiger charge is -2.51. The van der Waals surface area contributed by atoms with Gasteiger partial charge in [-0.2, -0.15) is 0 Å². The summed E-state index contributed by atoms with van der Waals surface area (Å²) in [6.07, 6.45) is 1.63. The Labute approximate surface area is 307 Å². The molecule has 252 valence electrons. The van der Waals surface area contributed by atoms with Gasteiger partial charge in [-0.15, -0.1) is 0 Å². The van der Waals surface area contributed by atoms with Gasteiger partial charge in [-0.3, -0.25) is 0 Å². The Balaban J connectivity index is 1.20. The van der Waals surface area contributed by atoms with E-state index in [-0.39, 0.29) is 24.2 Å². The number of pyridine rings is 1. The third-order valence-corrected chi connectivity index (χ3v) is 11.9. The summed E-state index contributed by atoms with van der Waals surface area (Å²) in [5, 5.41) is 2.24. The Morgan fingerprint density at radius 2 is 1.11 bits per heavy atom. The van der Waals surface area contributed by atoms with Crippen molar-refractivity contribution in [3.05, 3.63) is 182 Å². The van der Waals surface area contributed by atoms with Crippen LogP contribution in [0.1, 0.15) is 17.0 Å².